The smallest absolute Gasteiger partial charge is 0.266 e. The van der Waals surface area contributed by atoms with E-state index in [2.05, 4.69) is 0 Å². The number of carbonyl (C=O) groups excluding carboxylic acids is 1. The Morgan fingerprint density at radius 1 is 1.00 bits per heavy atom. The number of amides is 1. The second kappa shape index (κ2) is 8.58. The third kappa shape index (κ3) is 4.20. The van der Waals surface area contributed by atoms with Gasteiger partial charge in [0.15, 0.2) is 0 Å². The molecule has 0 N–H and O–H groups in total. The molecule has 0 atom stereocenters. The van der Waals surface area contributed by atoms with Crippen LogP contribution in [0.2, 0.25) is 0 Å². The van der Waals surface area contributed by atoms with Gasteiger partial charge in [-0.15, -0.1) is 0 Å². The predicted molar refractivity (Wildman–Crippen MR) is 118 cm³/mol. The predicted octanol–water partition coefficient (Wildman–Crippen LogP) is 6.42. The van der Waals surface area contributed by atoms with Gasteiger partial charge < -0.3 is 0 Å². The van der Waals surface area contributed by atoms with Crippen molar-refractivity contribution in [2.45, 2.75) is 44.6 Å². The van der Waals surface area contributed by atoms with Crippen molar-refractivity contribution in [3.05, 3.63) is 64.8 Å². The lowest BCUT2D eigenvalue weighted by Crippen LogP contribution is -2.38. The number of benzene rings is 2. The minimum absolute atomic E-state index is 0.0260. The molecule has 1 saturated heterocycles. The van der Waals surface area contributed by atoms with E-state index in [-0.39, 0.29) is 17.8 Å². The Morgan fingerprint density at radius 2 is 1.68 bits per heavy atom. The van der Waals surface area contributed by atoms with Crippen LogP contribution in [-0.2, 0) is 4.79 Å². The lowest BCUT2D eigenvalue weighted by atomic mass is 10.0. The minimum atomic E-state index is -0.257. The van der Waals surface area contributed by atoms with E-state index in [9.17, 15) is 9.18 Å². The number of halogens is 1. The first-order chi connectivity index (χ1) is 13.6. The third-order valence-electron chi connectivity index (χ3n) is 5.36. The molecule has 28 heavy (non-hydrogen) atoms. The van der Waals surface area contributed by atoms with Crippen molar-refractivity contribution >= 4 is 40.3 Å². The molecule has 1 heterocycles. The Bertz CT molecular complexity index is 932. The Balaban J connectivity index is 1.58. The van der Waals surface area contributed by atoms with Crippen LogP contribution < -0.4 is 0 Å². The molecule has 2 aromatic carbocycles. The molecule has 5 heteroatoms. The van der Waals surface area contributed by atoms with Gasteiger partial charge in [-0.2, -0.15) is 0 Å². The maximum atomic E-state index is 13.5. The largest absolute Gasteiger partial charge is 0.290 e. The van der Waals surface area contributed by atoms with Gasteiger partial charge in [-0.3, -0.25) is 9.69 Å². The second-order valence-electron chi connectivity index (χ2n) is 7.33. The fourth-order valence-electron chi connectivity index (χ4n) is 3.94. The van der Waals surface area contributed by atoms with Crippen molar-refractivity contribution in [3.8, 4) is 11.1 Å². The van der Waals surface area contributed by atoms with Gasteiger partial charge in [0.25, 0.3) is 5.91 Å². The van der Waals surface area contributed by atoms with Gasteiger partial charge in [-0.25, -0.2) is 4.39 Å². The molecular formula is C23H22FNOS2. The van der Waals surface area contributed by atoms with E-state index >= 15 is 0 Å². The Morgan fingerprint density at radius 3 is 2.39 bits per heavy atom. The zero-order valence-electron chi connectivity index (χ0n) is 15.6. The lowest BCUT2D eigenvalue weighted by Gasteiger charge is -2.25. The molecule has 0 unspecified atom stereocenters. The molecule has 1 amide bonds. The summed E-state index contributed by atoms with van der Waals surface area (Å²) in [7, 11) is 0. The summed E-state index contributed by atoms with van der Waals surface area (Å²) in [6.45, 7) is 0. The summed E-state index contributed by atoms with van der Waals surface area (Å²) in [6, 6.07) is 14.6. The Hall–Kier alpha value is -1.98. The molecule has 2 aliphatic rings. The maximum Gasteiger partial charge on any atom is 0.266 e. The van der Waals surface area contributed by atoms with Crippen LogP contribution in [0.1, 0.15) is 44.1 Å². The molecule has 144 valence electrons. The molecule has 1 aliphatic carbocycles. The van der Waals surface area contributed by atoms with E-state index in [1.54, 1.807) is 6.07 Å². The number of rotatable bonds is 3. The highest BCUT2D eigenvalue weighted by Gasteiger charge is 2.37. The number of hydrogen-bond acceptors (Lipinski definition) is 3. The van der Waals surface area contributed by atoms with E-state index in [1.165, 1.54) is 36.7 Å². The van der Waals surface area contributed by atoms with Gasteiger partial charge in [0.1, 0.15) is 10.1 Å². The molecule has 0 spiro atoms. The summed E-state index contributed by atoms with van der Waals surface area (Å²) in [5, 5.41) is 0. The van der Waals surface area contributed by atoms with Crippen molar-refractivity contribution < 1.29 is 9.18 Å². The highest BCUT2D eigenvalue weighted by atomic mass is 32.2. The van der Waals surface area contributed by atoms with E-state index in [0.29, 0.717) is 9.23 Å². The van der Waals surface area contributed by atoms with Gasteiger partial charge in [0, 0.05) is 6.04 Å². The summed E-state index contributed by atoms with van der Waals surface area (Å²) >= 11 is 6.93. The zero-order chi connectivity index (χ0) is 19.5. The van der Waals surface area contributed by atoms with Crippen molar-refractivity contribution in [2.24, 2.45) is 0 Å². The Kier molecular flexibility index (Phi) is 5.93. The first kappa shape index (κ1) is 19.3. The third-order valence-corrected chi connectivity index (χ3v) is 6.69. The average Bonchev–Trinajstić information content (AvgIpc) is 2.87. The molecule has 2 aromatic rings. The SMILES string of the molecule is O=C1C(=Cc2cccc(-c3cccc(F)c3)c2)SC(=S)N1C1CCCCCC1. The quantitative estimate of drug-likeness (QED) is 0.330. The molecule has 0 bridgehead atoms. The van der Waals surface area contributed by atoms with Crippen molar-refractivity contribution in [3.63, 3.8) is 0 Å². The normalized spacial score (nSPS) is 20.0. The summed E-state index contributed by atoms with van der Waals surface area (Å²) in [4.78, 5) is 15.5. The first-order valence-corrected chi connectivity index (χ1v) is 11.0. The number of thiocarbonyl (C=S) groups is 1. The highest BCUT2D eigenvalue weighted by Crippen LogP contribution is 2.37. The van der Waals surface area contributed by atoms with Crippen LogP contribution in [0.4, 0.5) is 4.39 Å². The second-order valence-corrected chi connectivity index (χ2v) is 9.01. The number of hydrogen-bond donors (Lipinski definition) is 0. The van der Waals surface area contributed by atoms with Crippen LogP contribution in [0, 0.1) is 5.82 Å². The van der Waals surface area contributed by atoms with Gasteiger partial charge in [0.2, 0.25) is 0 Å². The van der Waals surface area contributed by atoms with Crippen LogP contribution in [0.5, 0.6) is 0 Å². The molecular weight excluding hydrogens is 389 g/mol. The van der Waals surface area contributed by atoms with E-state index in [4.69, 9.17) is 12.2 Å². The van der Waals surface area contributed by atoms with Crippen LogP contribution in [0.15, 0.2) is 53.4 Å². The molecule has 0 aromatic heterocycles. The van der Waals surface area contributed by atoms with Crippen LogP contribution in [0.25, 0.3) is 17.2 Å². The summed E-state index contributed by atoms with van der Waals surface area (Å²) < 4.78 is 14.2. The van der Waals surface area contributed by atoms with Crippen molar-refractivity contribution in [2.75, 3.05) is 0 Å². The molecule has 4 rings (SSSR count). The summed E-state index contributed by atoms with van der Waals surface area (Å²) in [5.41, 5.74) is 2.66. The van der Waals surface area contributed by atoms with Crippen LogP contribution >= 0.6 is 24.0 Å². The fourth-order valence-corrected chi connectivity index (χ4v) is 5.34. The Labute approximate surface area is 174 Å². The lowest BCUT2D eigenvalue weighted by molar-refractivity contribution is -0.123. The molecule has 0 radical (unpaired) electrons. The highest BCUT2D eigenvalue weighted by molar-refractivity contribution is 8.26. The summed E-state index contributed by atoms with van der Waals surface area (Å²) in [5.74, 6) is -0.231. The van der Waals surface area contributed by atoms with Gasteiger partial charge in [0.05, 0.1) is 4.91 Å². The van der Waals surface area contributed by atoms with Gasteiger partial charge in [-0.1, -0.05) is 80.0 Å². The first-order valence-electron chi connectivity index (χ1n) is 9.75. The van der Waals surface area contributed by atoms with Crippen LogP contribution in [0.3, 0.4) is 0 Å². The molecule has 1 aliphatic heterocycles. The molecule has 2 nitrogen and oxygen atoms in total. The van der Waals surface area contributed by atoms with Crippen molar-refractivity contribution in [1.82, 2.24) is 4.90 Å². The minimum Gasteiger partial charge on any atom is -0.290 e. The number of thioether (sulfide) groups is 1. The van der Waals surface area contributed by atoms with E-state index in [0.717, 1.165) is 42.4 Å². The zero-order valence-corrected chi connectivity index (χ0v) is 17.2. The monoisotopic (exact) mass is 411 g/mol. The van der Waals surface area contributed by atoms with Gasteiger partial charge in [-0.05, 0) is 53.8 Å². The summed E-state index contributed by atoms with van der Waals surface area (Å²) in [6.07, 6.45) is 8.79. The maximum absolute atomic E-state index is 13.5. The molecule has 2 fully saturated rings. The molecule has 1 saturated carbocycles. The van der Waals surface area contributed by atoms with Crippen molar-refractivity contribution in [1.29, 1.82) is 0 Å². The van der Waals surface area contributed by atoms with Crippen LogP contribution in [-0.4, -0.2) is 21.2 Å². The van der Waals surface area contributed by atoms with E-state index < -0.39 is 0 Å². The van der Waals surface area contributed by atoms with Gasteiger partial charge >= 0.3 is 0 Å². The number of nitrogens with zero attached hydrogens (tertiary/aromatic N) is 1. The van der Waals surface area contributed by atoms with E-state index in [1.807, 2.05) is 41.3 Å². The standard InChI is InChI=1S/C23H22FNOS2/c24-19-10-6-9-18(15-19)17-8-5-7-16(13-17)14-21-22(26)25(23(27)28-21)20-11-3-1-2-4-12-20/h5-10,13-15,20H,1-4,11-12H2. The number of carbonyl (C=O) groups is 1. The topological polar surface area (TPSA) is 20.3 Å². The fraction of sp³-hybridized carbons (Fsp3) is 0.304. The average molecular weight is 412 g/mol.